The maximum atomic E-state index is 5.83. The summed E-state index contributed by atoms with van der Waals surface area (Å²) in [5.41, 5.74) is 1.08. The minimum absolute atomic E-state index is 0.464. The Bertz CT molecular complexity index is 337. The molecule has 0 aromatic carbocycles. The van der Waals surface area contributed by atoms with Crippen LogP contribution in [0.4, 0.5) is 5.69 Å². The molecule has 1 aromatic heterocycles. The van der Waals surface area contributed by atoms with Gasteiger partial charge in [-0.3, -0.25) is 0 Å². The Labute approximate surface area is 99.2 Å². The maximum Gasteiger partial charge on any atom is 0.153 e. The molecule has 3 nitrogen and oxygen atoms in total. The number of aromatic nitrogens is 2. The summed E-state index contributed by atoms with van der Waals surface area (Å²) >= 11 is 7.86. The maximum absolute atomic E-state index is 5.83. The molecular weight excluding hydrogens is 230 g/mol. The van der Waals surface area contributed by atoms with Crippen molar-refractivity contribution in [1.82, 2.24) is 10.2 Å². The predicted molar refractivity (Wildman–Crippen MR) is 65.8 cm³/mol. The molecule has 0 saturated carbocycles. The van der Waals surface area contributed by atoms with E-state index in [9.17, 15) is 0 Å². The van der Waals surface area contributed by atoms with Gasteiger partial charge < -0.3 is 4.90 Å². The van der Waals surface area contributed by atoms with Gasteiger partial charge in [0, 0.05) is 29.7 Å². The largest absolute Gasteiger partial charge is 0.368 e. The molecule has 1 saturated heterocycles. The summed E-state index contributed by atoms with van der Waals surface area (Å²) in [5.74, 6) is 0. The molecule has 0 aliphatic carbocycles. The van der Waals surface area contributed by atoms with Crippen LogP contribution in [0.1, 0.15) is 13.8 Å². The molecule has 5 heteroatoms. The normalized spacial score (nSPS) is 26.7. The average molecular weight is 244 g/mol. The Morgan fingerprint density at radius 1 is 1.40 bits per heavy atom. The summed E-state index contributed by atoms with van der Waals surface area (Å²) in [6.45, 7) is 6.61. The Morgan fingerprint density at radius 3 is 2.67 bits per heavy atom. The van der Waals surface area contributed by atoms with Gasteiger partial charge in [0.25, 0.3) is 0 Å². The zero-order chi connectivity index (χ0) is 10.8. The number of nitrogens with zero attached hydrogens (tertiary/aromatic N) is 3. The zero-order valence-electron chi connectivity index (χ0n) is 8.85. The lowest BCUT2D eigenvalue weighted by Gasteiger charge is -2.35. The number of rotatable bonds is 1. The first kappa shape index (κ1) is 11.0. The molecule has 1 aliphatic rings. The van der Waals surface area contributed by atoms with Gasteiger partial charge in [-0.15, -0.1) is 5.10 Å². The van der Waals surface area contributed by atoms with Crippen LogP contribution >= 0.6 is 23.4 Å². The minimum Gasteiger partial charge on any atom is -0.368 e. The Balaban J connectivity index is 2.16. The Hall–Kier alpha value is -0.480. The molecule has 1 fully saturated rings. The molecule has 0 radical (unpaired) electrons. The zero-order valence-corrected chi connectivity index (χ0v) is 10.4. The van der Waals surface area contributed by atoms with Crippen molar-refractivity contribution < 1.29 is 0 Å². The number of hydrogen-bond donors (Lipinski definition) is 0. The van der Waals surface area contributed by atoms with Gasteiger partial charge >= 0.3 is 0 Å². The van der Waals surface area contributed by atoms with Crippen LogP contribution in [0.3, 0.4) is 0 Å². The number of thioether (sulfide) groups is 1. The predicted octanol–water partition coefficient (Wildman–Crippen LogP) is 2.46. The van der Waals surface area contributed by atoms with Gasteiger partial charge in [-0.2, -0.15) is 16.9 Å². The smallest absolute Gasteiger partial charge is 0.153 e. The monoisotopic (exact) mass is 243 g/mol. The third-order valence-corrected chi connectivity index (χ3v) is 3.81. The lowest BCUT2D eigenvalue weighted by Crippen LogP contribution is -2.40. The van der Waals surface area contributed by atoms with Crippen LogP contribution in [0.2, 0.25) is 5.15 Å². The van der Waals surface area contributed by atoms with Crippen LogP contribution in [0.5, 0.6) is 0 Å². The highest BCUT2D eigenvalue weighted by molar-refractivity contribution is 8.00. The third kappa shape index (κ3) is 2.75. The highest BCUT2D eigenvalue weighted by Crippen LogP contribution is 2.28. The average Bonchev–Trinajstić information content (AvgIpc) is 2.16. The van der Waals surface area contributed by atoms with Crippen LogP contribution in [0.25, 0.3) is 0 Å². The fourth-order valence-electron chi connectivity index (χ4n) is 1.89. The molecule has 2 atom stereocenters. The van der Waals surface area contributed by atoms with Crippen LogP contribution in [0.15, 0.2) is 12.3 Å². The molecule has 0 spiro atoms. The Kier molecular flexibility index (Phi) is 3.36. The topological polar surface area (TPSA) is 29.0 Å². The highest BCUT2D eigenvalue weighted by atomic mass is 35.5. The van der Waals surface area contributed by atoms with Gasteiger partial charge in [-0.05, 0) is 0 Å². The summed E-state index contributed by atoms with van der Waals surface area (Å²) in [4.78, 5) is 2.33. The molecular formula is C10H14ClN3S. The molecule has 0 amide bonds. The molecule has 15 heavy (non-hydrogen) atoms. The molecule has 1 aromatic rings. The summed E-state index contributed by atoms with van der Waals surface area (Å²) in [7, 11) is 0. The van der Waals surface area contributed by atoms with Crippen LogP contribution in [0, 0.1) is 0 Å². The molecule has 2 heterocycles. The van der Waals surface area contributed by atoms with E-state index in [2.05, 4.69) is 28.9 Å². The molecule has 0 bridgehead atoms. The second-order valence-electron chi connectivity index (χ2n) is 3.90. The van der Waals surface area contributed by atoms with Crippen molar-refractivity contribution in [3.8, 4) is 0 Å². The van der Waals surface area contributed by atoms with E-state index in [1.165, 1.54) is 0 Å². The molecule has 1 aliphatic heterocycles. The second-order valence-corrected chi connectivity index (χ2v) is 6.17. The summed E-state index contributed by atoms with van der Waals surface area (Å²) in [5, 5.41) is 9.41. The first-order valence-corrected chi connectivity index (χ1v) is 6.36. The van der Waals surface area contributed by atoms with Crippen molar-refractivity contribution in [2.45, 2.75) is 24.3 Å². The summed E-state index contributed by atoms with van der Waals surface area (Å²) in [6.07, 6.45) is 1.78. The van der Waals surface area contributed by atoms with Crippen molar-refractivity contribution in [1.29, 1.82) is 0 Å². The fraction of sp³-hybridized carbons (Fsp3) is 0.600. The van der Waals surface area contributed by atoms with E-state index in [4.69, 9.17) is 11.6 Å². The molecule has 82 valence electrons. The van der Waals surface area contributed by atoms with Crippen molar-refractivity contribution in [3.05, 3.63) is 17.4 Å². The van der Waals surface area contributed by atoms with E-state index in [1.807, 2.05) is 17.8 Å². The van der Waals surface area contributed by atoms with Gasteiger partial charge in [-0.25, -0.2) is 0 Å². The minimum atomic E-state index is 0.464. The van der Waals surface area contributed by atoms with Crippen molar-refractivity contribution in [2.75, 3.05) is 18.0 Å². The first-order valence-electron chi connectivity index (χ1n) is 5.04. The SMILES string of the molecule is CC1CN(c2cnnc(Cl)c2)CC(C)S1. The van der Waals surface area contributed by atoms with Crippen LogP contribution in [-0.2, 0) is 0 Å². The van der Waals surface area contributed by atoms with E-state index in [0.717, 1.165) is 18.8 Å². The van der Waals surface area contributed by atoms with E-state index >= 15 is 0 Å². The summed E-state index contributed by atoms with van der Waals surface area (Å²) < 4.78 is 0. The third-order valence-electron chi connectivity index (χ3n) is 2.40. The molecule has 0 N–H and O–H groups in total. The lowest BCUT2D eigenvalue weighted by atomic mass is 10.3. The van der Waals surface area contributed by atoms with Crippen molar-refractivity contribution in [2.24, 2.45) is 0 Å². The first-order chi connectivity index (χ1) is 7.15. The van der Waals surface area contributed by atoms with E-state index in [-0.39, 0.29) is 0 Å². The molecule has 2 rings (SSSR count). The number of hydrogen-bond acceptors (Lipinski definition) is 4. The van der Waals surface area contributed by atoms with Crippen molar-refractivity contribution >= 4 is 29.1 Å². The van der Waals surface area contributed by atoms with Crippen molar-refractivity contribution in [3.63, 3.8) is 0 Å². The fourth-order valence-corrected chi connectivity index (χ4v) is 3.37. The van der Waals surface area contributed by atoms with E-state index in [1.54, 1.807) is 6.20 Å². The standard InChI is InChI=1S/C10H14ClN3S/c1-7-5-14(6-8(2)15-7)9-3-10(11)13-12-4-9/h3-4,7-8H,5-6H2,1-2H3. The van der Waals surface area contributed by atoms with Gasteiger partial charge in [-0.1, -0.05) is 25.4 Å². The van der Waals surface area contributed by atoms with Gasteiger partial charge in [0.2, 0.25) is 0 Å². The number of anilines is 1. The lowest BCUT2D eigenvalue weighted by molar-refractivity contribution is 0.725. The van der Waals surface area contributed by atoms with Gasteiger partial charge in [0.05, 0.1) is 11.9 Å². The van der Waals surface area contributed by atoms with E-state index in [0.29, 0.717) is 15.7 Å². The second kappa shape index (κ2) is 4.58. The molecule has 2 unspecified atom stereocenters. The van der Waals surface area contributed by atoms with Crippen LogP contribution in [-0.4, -0.2) is 33.8 Å². The Morgan fingerprint density at radius 2 is 2.07 bits per heavy atom. The quantitative estimate of drug-likeness (QED) is 0.758. The highest BCUT2D eigenvalue weighted by Gasteiger charge is 2.22. The number of halogens is 1. The van der Waals surface area contributed by atoms with E-state index < -0.39 is 0 Å². The van der Waals surface area contributed by atoms with Gasteiger partial charge in [0.15, 0.2) is 5.15 Å². The summed E-state index contributed by atoms with van der Waals surface area (Å²) in [6, 6.07) is 1.88. The van der Waals surface area contributed by atoms with Crippen LogP contribution < -0.4 is 4.90 Å². The van der Waals surface area contributed by atoms with Gasteiger partial charge in [0.1, 0.15) is 0 Å².